The molecule has 1 atom stereocenters. The average molecular weight is 300 g/mol. The summed E-state index contributed by atoms with van der Waals surface area (Å²) >= 11 is 1.75. The van der Waals surface area contributed by atoms with E-state index in [0.29, 0.717) is 0 Å². The van der Waals surface area contributed by atoms with Gasteiger partial charge in [-0.1, -0.05) is 0 Å². The number of thiophene rings is 1. The maximum atomic E-state index is 12.7. The van der Waals surface area contributed by atoms with Crippen LogP contribution in [0.5, 0.6) is 0 Å². The summed E-state index contributed by atoms with van der Waals surface area (Å²) in [4.78, 5) is 17.0. The molecule has 2 aromatic rings. The van der Waals surface area contributed by atoms with Crippen molar-refractivity contribution in [2.45, 2.75) is 26.3 Å². The number of rotatable bonds is 3. The number of carbonyl (C=O) groups excluding carboxylic acids is 1. The van der Waals surface area contributed by atoms with Crippen molar-refractivity contribution in [1.29, 1.82) is 0 Å². The molecule has 1 aliphatic rings. The Balaban J connectivity index is 1.81. The van der Waals surface area contributed by atoms with E-state index in [-0.39, 0.29) is 11.9 Å². The quantitative estimate of drug-likeness (QED) is 0.933. The summed E-state index contributed by atoms with van der Waals surface area (Å²) in [6, 6.07) is 10.3. The molecule has 0 fully saturated rings. The van der Waals surface area contributed by atoms with Gasteiger partial charge in [0.05, 0.1) is 6.04 Å². The lowest BCUT2D eigenvalue weighted by Gasteiger charge is -2.24. The Morgan fingerprint density at radius 2 is 2.14 bits per heavy atom. The Hall–Kier alpha value is -1.81. The van der Waals surface area contributed by atoms with Crippen LogP contribution in [0.3, 0.4) is 0 Å². The second-order valence-corrected chi connectivity index (χ2v) is 6.91. The predicted octanol–water partition coefficient (Wildman–Crippen LogP) is 3.86. The van der Waals surface area contributed by atoms with Crippen molar-refractivity contribution in [3.05, 3.63) is 51.2 Å². The molecule has 0 saturated carbocycles. The van der Waals surface area contributed by atoms with Gasteiger partial charge in [-0.25, -0.2) is 0 Å². The fourth-order valence-electron chi connectivity index (χ4n) is 2.69. The third-order valence-corrected chi connectivity index (χ3v) is 5.31. The van der Waals surface area contributed by atoms with Gasteiger partial charge in [0.1, 0.15) is 0 Å². The monoisotopic (exact) mass is 300 g/mol. The van der Waals surface area contributed by atoms with Crippen molar-refractivity contribution >= 4 is 22.9 Å². The minimum atomic E-state index is 0.0863. The topological polar surface area (TPSA) is 32.3 Å². The van der Waals surface area contributed by atoms with E-state index >= 15 is 0 Å². The molecule has 110 valence electrons. The van der Waals surface area contributed by atoms with Gasteiger partial charge in [-0.15, -0.1) is 11.3 Å². The van der Waals surface area contributed by atoms with Crippen LogP contribution in [0.1, 0.15) is 38.6 Å². The maximum Gasteiger partial charge on any atom is 0.254 e. The highest BCUT2D eigenvalue weighted by Gasteiger charge is 2.21. The number of carbonyl (C=O) groups is 1. The van der Waals surface area contributed by atoms with E-state index < -0.39 is 0 Å². The maximum absolute atomic E-state index is 12.7. The Morgan fingerprint density at radius 3 is 2.86 bits per heavy atom. The van der Waals surface area contributed by atoms with Gasteiger partial charge in [0.2, 0.25) is 0 Å². The van der Waals surface area contributed by atoms with Gasteiger partial charge in [0, 0.05) is 34.6 Å². The molecule has 1 amide bonds. The molecule has 0 saturated heterocycles. The largest absolute Gasteiger partial charge is 0.384 e. The molecule has 1 unspecified atom stereocenters. The number of nitrogens with one attached hydrogen (secondary N) is 1. The lowest BCUT2D eigenvalue weighted by Crippen LogP contribution is -2.29. The smallest absolute Gasteiger partial charge is 0.254 e. The van der Waals surface area contributed by atoms with Crippen molar-refractivity contribution in [2.75, 3.05) is 18.9 Å². The molecule has 0 aliphatic carbocycles. The summed E-state index contributed by atoms with van der Waals surface area (Å²) in [6.07, 6.45) is 1.000. The Labute approximate surface area is 129 Å². The molecule has 0 spiro atoms. The first-order valence-corrected chi connectivity index (χ1v) is 8.08. The van der Waals surface area contributed by atoms with Crippen LogP contribution >= 0.6 is 11.3 Å². The second kappa shape index (κ2) is 5.53. The van der Waals surface area contributed by atoms with E-state index in [1.165, 1.54) is 15.3 Å². The number of benzene rings is 1. The molecule has 0 radical (unpaired) electrons. The molecule has 2 heterocycles. The van der Waals surface area contributed by atoms with E-state index in [4.69, 9.17) is 0 Å². The molecule has 1 aliphatic heterocycles. The first-order valence-electron chi connectivity index (χ1n) is 7.26. The summed E-state index contributed by atoms with van der Waals surface area (Å²) in [5.74, 6) is 0.0863. The van der Waals surface area contributed by atoms with Gasteiger partial charge < -0.3 is 10.2 Å². The summed E-state index contributed by atoms with van der Waals surface area (Å²) in [5.41, 5.74) is 3.19. The number of fused-ring (bicyclic) bond motifs is 1. The van der Waals surface area contributed by atoms with Crippen LogP contribution in [0.4, 0.5) is 5.69 Å². The van der Waals surface area contributed by atoms with Crippen LogP contribution in [0.25, 0.3) is 0 Å². The number of aryl methyl sites for hydroxylation is 1. The standard InChI is InChI=1S/C17H20N2OS/c1-11-4-7-16(21-11)12(2)19(3)17(20)14-5-6-15-13(10-14)8-9-18-15/h4-7,10,12,18H,8-9H2,1-3H3. The molecule has 4 heteroatoms. The fraction of sp³-hybridized carbons (Fsp3) is 0.353. The molecular weight excluding hydrogens is 280 g/mol. The first-order chi connectivity index (χ1) is 10.1. The number of hydrogen-bond acceptors (Lipinski definition) is 3. The van der Waals surface area contributed by atoms with Crippen LogP contribution in [0.2, 0.25) is 0 Å². The normalized spacial score (nSPS) is 14.4. The Morgan fingerprint density at radius 1 is 1.33 bits per heavy atom. The summed E-state index contributed by atoms with van der Waals surface area (Å²) in [5, 5.41) is 3.32. The SMILES string of the molecule is Cc1ccc(C(C)N(C)C(=O)c2ccc3c(c2)CCN3)s1. The van der Waals surface area contributed by atoms with Crippen LogP contribution in [0.15, 0.2) is 30.3 Å². The summed E-state index contributed by atoms with van der Waals surface area (Å²) in [6.45, 7) is 5.14. The van der Waals surface area contributed by atoms with Gasteiger partial charge >= 0.3 is 0 Å². The van der Waals surface area contributed by atoms with Crippen molar-refractivity contribution in [3.8, 4) is 0 Å². The molecule has 3 nitrogen and oxygen atoms in total. The number of anilines is 1. The third kappa shape index (κ3) is 2.68. The fourth-order valence-corrected chi connectivity index (χ4v) is 3.66. The van der Waals surface area contributed by atoms with Crippen LogP contribution in [-0.4, -0.2) is 24.4 Å². The molecule has 3 rings (SSSR count). The van der Waals surface area contributed by atoms with Gasteiger partial charge in [0.25, 0.3) is 5.91 Å². The Bertz CT molecular complexity index is 677. The summed E-state index contributed by atoms with van der Waals surface area (Å²) < 4.78 is 0. The lowest BCUT2D eigenvalue weighted by molar-refractivity contribution is 0.0745. The molecule has 1 N–H and O–H groups in total. The highest BCUT2D eigenvalue weighted by atomic mass is 32.1. The van der Waals surface area contributed by atoms with Gasteiger partial charge in [-0.2, -0.15) is 0 Å². The van der Waals surface area contributed by atoms with Crippen LogP contribution in [0, 0.1) is 6.92 Å². The predicted molar refractivity (Wildman–Crippen MR) is 88.2 cm³/mol. The number of nitrogens with zero attached hydrogens (tertiary/aromatic N) is 1. The minimum Gasteiger partial charge on any atom is -0.384 e. The molecular formula is C17H20N2OS. The van der Waals surface area contributed by atoms with Crippen LogP contribution < -0.4 is 5.32 Å². The summed E-state index contributed by atoms with van der Waals surface area (Å²) in [7, 11) is 1.88. The highest BCUT2D eigenvalue weighted by molar-refractivity contribution is 7.12. The van der Waals surface area contributed by atoms with Crippen molar-refractivity contribution in [1.82, 2.24) is 4.90 Å². The third-order valence-electron chi connectivity index (χ3n) is 4.14. The average Bonchev–Trinajstić information content (AvgIpc) is 3.12. The Kier molecular flexibility index (Phi) is 3.72. The first kappa shape index (κ1) is 14.1. The van der Waals surface area contributed by atoms with E-state index in [0.717, 1.165) is 24.2 Å². The second-order valence-electron chi connectivity index (χ2n) is 5.59. The highest BCUT2D eigenvalue weighted by Crippen LogP contribution is 2.28. The van der Waals surface area contributed by atoms with Crippen LogP contribution in [-0.2, 0) is 6.42 Å². The zero-order chi connectivity index (χ0) is 15.0. The number of hydrogen-bond donors (Lipinski definition) is 1. The zero-order valence-corrected chi connectivity index (χ0v) is 13.5. The van der Waals surface area contributed by atoms with Crippen molar-refractivity contribution in [3.63, 3.8) is 0 Å². The molecule has 21 heavy (non-hydrogen) atoms. The number of amides is 1. The molecule has 1 aromatic heterocycles. The van der Waals surface area contributed by atoms with E-state index in [9.17, 15) is 4.79 Å². The van der Waals surface area contributed by atoms with Gasteiger partial charge in [-0.3, -0.25) is 4.79 Å². The van der Waals surface area contributed by atoms with Crippen molar-refractivity contribution in [2.24, 2.45) is 0 Å². The van der Waals surface area contributed by atoms with Gasteiger partial charge in [-0.05, 0) is 56.2 Å². The van der Waals surface area contributed by atoms with Gasteiger partial charge in [0.15, 0.2) is 0 Å². The van der Waals surface area contributed by atoms with E-state index in [1.54, 1.807) is 11.3 Å². The van der Waals surface area contributed by atoms with E-state index in [1.807, 2.05) is 30.1 Å². The lowest BCUT2D eigenvalue weighted by atomic mass is 10.1. The zero-order valence-electron chi connectivity index (χ0n) is 12.6. The minimum absolute atomic E-state index is 0.0863. The molecule has 0 bridgehead atoms. The van der Waals surface area contributed by atoms with E-state index in [2.05, 4.69) is 31.3 Å². The van der Waals surface area contributed by atoms with Crippen molar-refractivity contribution < 1.29 is 4.79 Å². The molecule has 1 aromatic carbocycles.